The van der Waals surface area contributed by atoms with Crippen molar-refractivity contribution in [1.82, 2.24) is 9.47 Å². The predicted octanol–water partition coefficient (Wildman–Crippen LogP) is 3.24. The van der Waals surface area contributed by atoms with Crippen LogP contribution in [0.15, 0.2) is 17.3 Å². The number of amides is 1. The van der Waals surface area contributed by atoms with Crippen LogP contribution in [0.1, 0.15) is 45.2 Å². The first-order chi connectivity index (χ1) is 11.6. The van der Waals surface area contributed by atoms with E-state index < -0.39 is 0 Å². The fraction of sp³-hybridized carbons (Fsp3) is 0.588. The average Bonchev–Trinajstić information content (AvgIpc) is 2.97. The van der Waals surface area contributed by atoms with Gasteiger partial charge in [0.15, 0.2) is 12.2 Å². The summed E-state index contributed by atoms with van der Waals surface area (Å²) >= 11 is 0. The summed E-state index contributed by atoms with van der Waals surface area (Å²) in [6.07, 6.45) is 4.47. The van der Waals surface area contributed by atoms with Crippen LogP contribution in [0.25, 0.3) is 0 Å². The molecule has 0 aromatic carbocycles. The molecule has 0 saturated carbocycles. The third-order valence-corrected chi connectivity index (χ3v) is 3.88. The first kappa shape index (κ1) is 17.9. The Bertz CT molecular complexity index is 622. The smallest absolute Gasteiger partial charge is 0.410 e. The van der Waals surface area contributed by atoms with E-state index in [1.54, 1.807) is 11.0 Å². The highest BCUT2D eigenvalue weighted by Crippen LogP contribution is 2.30. The molecule has 1 aliphatic heterocycles. The molecule has 2 rings (SSSR count). The summed E-state index contributed by atoms with van der Waals surface area (Å²) in [6, 6.07) is 4.12. The van der Waals surface area contributed by atoms with Crippen molar-refractivity contribution in [3.05, 3.63) is 17.8 Å². The minimum Gasteiger partial charge on any atom is -0.483 e. The second-order valence-corrected chi connectivity index (χ2v) is 5.91. The Morgan fingerprint density at radius 3 is 2.79 bits per heavy atom. The number of aromatic nitrogens is 1. The highest BCUT2D eigenvalue weighted by molar-refractivity contribution is 5.68. The number of aliphatic imine (C=N–C) groups is 1. The molecule has 24 heavy (non-hydrogen) atoms. The maximum atomic E-state index is 12.0. The summed E-state index contributed by atoms with van der Waals surface area (Å²) < 4.78 is 12.4. The van der Waals surface area contributed by atoms with Crippen molar-refractivity contribution in [3.63, 3.8) is 0 Å². The molecule has 0 N–H and O–H groups in total. The van der Waals surface area contributed by atoms with Gasteiger partial charge in [0.2, 0.25) is 0 Å². The molecule has 7 heteroatoms. The maximum absolute atomic E-state index is 12.0. The van der Waals surface area contributed by atoms with E-state index in [2.05, 4.69) is 11.1 Å². The molecule has 1 aromatic heterocycles. The molecule has 1 amide bonds. The Balaban J connectivity index is 2.05. The second kappa shape index (κ2) is 8.39. The number of nitrogens with zero attached hydrogens (tertiary/aromatic N) is 4. The van der Waals surface area contributed by atoms with E-state index in [9.17, 15) is 10.1 Å². The van der Waals surface area contributed by atoms with Crippen LogP contribution in [0.5, 0.6) is 0 Å². The summed E-state index contributed by atoms with van der Waals surface area (Å²) in [5.41, 5.74) is 0.521. The van der Waals surface area contributed by atoms with Gasteiger partial charge in [-0.05, 0) is 39.7 Å². The van der Waals surface area contributed by atoms with Crippen LogP contribution in [-0.2, 0) is 9.47 Å². The van der Waals surface area contributed by atoms with Gasteiger partial charge in [-0.2, -0.15) is 5.26 Å². The normalized spacial score (nSPS) is 15.7. The molecule has 130 valence electrons. The van der Waals surface area contributed by atoms with E-state index in [0.717, 1.165) is 12.8 Å². The van der Waals surface area contributed by atoms with Crippen molar-refractivity contribution in [3.8, 4) is 6.07 Å². The maximum Gasteiger partial charge on any atom is 0.410 e. The van der Waals surface area contributed by atoms with Gasteiger partial charge in [-0.25, -0.2) is 9.79 Å². The van der Waals surface area contributed by atoms with Crippen LogP contribution in [0, 0.1) is 11.3 Å². The predicted molar refractivity (Wildman–Crippen MR) is 90.4 cm³/mol. The molecule has 0 bridgehead atoms. The van der Waals surface area contributed by atoms with Gasteiger partial charge < -0.3 is 18.9 Å². The van der Waals surface area contributed by atoms with Gasteiger partial charge in [0.25, 0.3) is 0 Å². The molecule has 1 aromatic rings. The van der Waals surface area contributed by atoms with E-state index in [1.165, 1.54) is 6.40 Å². The Hall–Kier alpha value is -2.49. The number of nitriles is 1. The Morgan fingerprint density at radius 2 is 2.21 bits per heavy atom. The fourth-order valence-corrected chi connectivity index (χ4v) is 2.72. The van der Waals surface area contributed by atoms with E-state index >= 15 is 0 Å². The van der Waals surface area contributed by atoms with Crippen molar-refractivity contribution in [2.45, 2.75) is 45.8 Å². The molecule has 0 unspecified atom stereocenters. The summed E-state index contributed by atoms with van der Waals surface area (Å²) in [5, 5.41) is 9.24. The molecular formula is C17H24N4O3. The van der Waals surface area contributed by atoms with E-state index in [4.69, 9.17) is 9.47 Å². The van der Waals surface area contributed by atoms with E-state index in [1.807, 2.05) is 31.5 Å². The molecule has 0 spiro atoms. The highest BCUT2D eigenvalue weighted by Gasteiger charge is 2.26. The number of ether oxygens (including phenoxy) is 2. The Morgan fingerprint density at radius 1 is 1.50 bits per heavy atom. The molecule has 0 atom stereocenters. The highest BCUT2D eigenvalue weighted by atomic mass is 16.6. The third-order valence-electron chi connectivity index (χ3n) is 3.88. The van der Waals surface area contributed by atoms with Crippen molar-refractivity contribution in [2.24, 2.45) is 4.99 Å². The van der Waals surface area contributed by atoms with Gasteiger partial charge in [-0.1, -0.05) is 0 Å². The minimum atomic E-state index is -0.261. The van der Waals surface area contributed by atoms with Crippen molar-refractivity contribution >= 4 is 18.3 Å². The average molecular weight is 332 g/mol. The SMILES string of the molecule is CCO/C=N/c1c(C#N)ccn1C1CCN(C(=O)OC(C)C)CC1. The molecule has 1 fully saturated rings. The zero-order chi connectivity index (χ0) is 17.5. The Labute approximate surface area is 142 Å². The van der Waals surface area contributed by atoms with Crippen LogP contribution in [0.3, 0.4) is 0 Å². The van der Waals surface area contributed by atoms with Crippen molar-refractivity contribution in [2.75, 3.05) is 19.7 Å². The topological polar surface area (TPSA) is 79.9 Å². The zero-order valence-corrected chi connectivity index (χ0v) is 14.4. The number of carbonyl (C=O) groups is 1. The van der Waals surface area contributed by atoms with Gasteiger partial charge in [-0.15, -0.1) is 0 Å². The quantitative estimate of drug-likeness (QED) is 0.612. The van der Waals surface area contributed by atoms with Gasteiger partial charge in [0.05, 0.1) is 18.3 Å². The van der Waals surface area contributed by atoms with E-state index in [-0.39, 0.29) is 18.2 Å². The first-order valence-electron chi connectivity index (χ1n) is 8.27. The standard InChI is InChI=1S/C17H24N4O3/c1-4-23-12-19-16-14(11-18)5-10-21(16)15-6-8-20(9-7-15)17(22)24-13(2)3/h5,10,12-13,15H,4,6-9H2,1-3H3/b19-12+. The number of piperidine rings is 1. The van der Waals surface area contributed by atoms with Crippen LogP contribution < -0.4 is 0 Å². The number of likely N-dealkylation sites (tertiary alicyclic amines) is 1. The minimum absolute atomic E-state index is 0.114. The molecular weight excluding hydrogens is 308 g/mol. The lowest BCUT2D eigenvalue weighted by Crippen LogP contribution is -2.40. The number of hydrogen-bond acceptors (Lipinski definition) is 5. The lowest BCUT2D eigenvalue weighted by molar-refractivity contribution is 0.0662. The number of hydrogen-bond donors (Lipinski definition) is 0. The molecule has 2 heterocycles. The molecule has 1 saturated heterocycles. The lowest BCUT2D eigenvalue weighted by atomic mass is 10.1. The van der Waals surface area contributed by atoms with Gasteiger partial charge >= 0.3 is 6.09 Å². The summed E-state index contributed by atoms with van der Waals surface area (Å²) in [7, 11) is 0. The largest absolute Gasteiger partial charge is 0.483 e. The molecule has 1 aliphatic rings. The molecule has 7 nitrogen and oxygen atoms in total. The summed E-state index contributed by atoms with van der Waals surface area (Å²) in [4.78, 5) is 18.0. The lowest BCUT2D eigenvalue weighted by Gasteiger charge is -2.33. The van der Waals surface area contributed by atoms with Crippen LogP contribution >= 0.6 is 0 Å². The van der Waals surface area contributed by atoms with Crippen molar-refractivity contribution in [1.29, 1.82) is 5.26 Å². The van der Waals surface area contributed by atoms with Gasteiger partial charge in [0, 0.05) is 25.3 Å². The van der Waals surface area contributed by atoms with Gasteiger partial charge in [0.1, 0.15) is 6.07 Å². The van der Waals surface area contributed by atoms with Crippen LogP contribution in [0.4, 0.5) is 10.6 Å². The summed E-state index contributed by atoms with van der Waals surface area (Å²) in [6.45, 7) is 7.35. The monoisotopic (exact) mass is 332 g/mol. The summed E-state index contributed by atoms with van der Waals surface area (Å²) in [5.74, 6) is 0.606. The number of carbonyl (C=O) groups excluding carboxylic acids is 1. The van der Waals surface area contributed by atoms with E-state index in [0.29, 0.717) is 31.1 Å². The fourth-order valence-electron chi connectivity index (χ4n) is 2.72. The van der Waals surface area contributed by atoms with Crippen LogP contribution in [0.2, 0.25) is 0 Å². The second-order valence-electron chi connectivity index (χ2n) is 5.91. The molecule has 0 radical (unpaired) electrons. The van der Waals surface area contributed by atoms with Crippen LogP contribution in [-0.4, -0.2) is 47.8 Å². The first-order valence-corrected chi connectivity index (χ1v) is 8.27. The molecule has 0 aliphatic carbocycles. The van der Waals surface area contributed by atoms with Gasteiger partial charge in [-0.3, -0.25) is 0 Å². The van der Waals surface area contributed by atoms with Crippen molar-refractivity contribution < 1.29 is 14.3 Å². The zero-order valence-electron chi connectivity index (χ0n) is 14.4. The Kier molecular flexibility index (Phi) is 6.24. The number of rotatable bonds is 5. The third kappa shape index (κ3) is 4.28.